The van der Waals surface area contributed by atoms with Gasteiger partial charge in [-0.05, 0) is 11.6 Å². The number of anilines is 2. The molecule has 0 aliphatic rings. The molecule has 0 aliphatic carbocycles. The monoisotopic (exact) mass is 372 g/mol. The zero-order chi connectivity index (χ0) is 18.4. The predicted octanol–water partition coefficient (Wildman–Crippen LogP) is 4.90. The van der Waals surface area contributed by atoms with Crippen molar-refractivity contribution in [1.82, 2.24) is 15.0 Å². The summed E-state index contributed by atoms with van der Waals surface area (Å²) in [6.07, 6.45) is 1.74. The first-order chi connectivity index (χ1) is 13.2. The van der Waals surface area contributed by atoms with Gasteiger partial charge in [-0.2, -0.15) is 0 Å². The summed E-state index contributed by atoms with van der Waals surface area (Å²) in [5, 5.41) is 3.68. The van der Waals surface area contributed by atoms with Crippen LogP contribution in [0.3, 0.4) is 0 Å². The van der Waals surface area contributed by atoms with Crippen molar-refractivity contribution in [3.8, 4) is 11.1 Å². The number of rotatable bonds is 3. The van der Waals surface area contributed by atoms with Gasteiger partial charge in [0.1, 0.15) is 5.69 Å². The molecule has 27 heavy (non-hydrogen) atoms. The fourth-order valence-electron chi connectivity index (χ4n) is 3.55. The molecule has 0 atom stereocenters. The molecular formula is C21H16N4OS. The molecule has 0 bridgehead atoms. The number of pyridine rings is 1. The van der Waals surface area contributed by atoms with E-state index in [2.05, 4.69) is 15.0 Å². The highest BCUT2D eigenvalue weighted by molar-refractivity contribution is 7.13. The van der Waals surface area contributed by atoms with Gasteiger partial charge in [-0.3, -0.25) is 4.79 Å². The fourth-order valence-corrected chi connectivity index (χ4v) is 4.16. The SMILES string of the molecule is CN(c1nccs1)c1c(-c2ccccc2)c2[nH]c3ccccc3c2[nH]c1=O. The molecule has 0 saturated heterocycles. The molecule has 132 valence electrons. The summed E-state index contributed by atoms with van der Waals surface area (Å²) in [5.74, 6) is 0. The Morgan fingerprint density at radius 3 is 2.52 bits per heavy atom. The Kier molecular flexibility index (Phi) is 3.58. The second-order valence-corrected chi connectivity index (χ2v) is 7.21. The van der Waals surface area contributed by atoms with Gasteiger partial charge >= 0.3 is 0 Å². The van der Waals surface area contributed by atoms with Gasteiger partial charge in [0.05, 0.1) is 11.0 Å². The van der Waals surface area contributed by atoms with Gasteiger partial charge in [0.25, 0.3) is 5.56 Å². The number of para-hydroxylation sites is 1. The highest BCUT2D eigenvalue weighted by Gasteiger charge is 2.22. The molecule has 0 spiro atoms. The van der Waals surface area contributed by atoms with E-state index >= 15 is 0 Å². The minimum atomic E-state index is -0.135. The minimum Gasteiger partial charge on any atom is -0.353 e. The van der Waals surface area contributed by atoms with E-state index in [0.717, 1.165) is 38.2 Å². The quantitative estimate of drug-likeness (QED) is 0.473. The lowest BCUT2D eigenvalue weighted by Gasteiger charge is -2.19. The molecule has 3 aromatic heterocycles. The number of H-pyrrole nitrogens is 2. The fraction of sp³-hybridized carbons (Fsp3) is 0.0476. The van der Waals surface area contributed by atoms with Crippen LogP contribution in [0, 0.1) is 0 Å². The topological polar surface area (TPSA) is 64.8 Å². The highest BCUT2D eigenvalue weighted by atomic mass is 32.1. The molecule has 0 radical (unpaired) electrons. The van der Waals surface area contributed by atoms with Gasteiger partial charge in [-0.15, -0.1) is 11.3 Å². The molecule has 0 amide bonds. The number of nitrogens with one attached hydrogen (secondary N) is 2. The summed E-state index contributed by atoms with van der Waals surface area (Å²) < 4.78 is 0. The maximum absolute atomic E-state index is 13.2. The van der Waals surface area contributed by atoms with E-state index in [1.165, 1.54) is 11.3 Å². The van der Waals surface area contributed by atoms with Crippen LogP contribution in [-0.4, -0.2) is 22.0 Å². The van der Waals surface area contributed by atoms with Crippen molar-refractivity contribution in [3.05, 3.63) is 76.5 Å². The summed E-state index contributed by atoms with van der Waals surface area (Å²) >= 11 is 1.50. The third-order valence-corrected chi connectivity index (χ3v) is 5.60. The lowest BCUT2D eigenvalue weighted by Crippen LogP contribution is -2.21. The second kappa shape index (κ2) is 6.10. The van der Waals surface area contributed by atoms with Crippen LogP contribution < -0.4 is 10.5 Å². The summed E-state index contributed by atoms with van der Waals surface area (Å²) in [5.41, 5.74) is 5.04. The highest BCUT2D eigenvalue weighted by Crippen LogP contribution is 2.38. The van der Waals surface area contributed by atoms with Gasteiger partial charge in [0.2, 0.25) is 0 Å². The average molecular weight is 372 g/mol. The molecule has 5 nitrogen and oxygen atoms in total. The number of fused-ring (bicyclic) bond motifs is 3. The predicted molar refractivity (Wildman–Crippen MR) is 112 cm³/mol. The molecule has 0 saturated carbocycles. The molecule has 3 heterocycles. The lowest BCUT2D eigenvalue weighted by atomic mass is 10.0. The van der Waals surface area contributed by atoms with E-state index in [1.807, 2.05) is 71.9 Å². The van der Waals surface area contributed by atoms with E-state index in [4.69, 9.17) is 0 Å². The van der Waals surface area contributed by atoms with Crippen LogP contribution in [0.5, 0.6) is 0 Å². The molecule has 5 rings (SSSR count). The normalized spacial score (nSPS) is 11.3. The molecule has 2 aromatic carbocycles. The Hall–Kier alpha value is -3.38. The summed E-state index contributed by atoms with van der Waals surface area (Å²) in [7, 11) is 1.88. The van der Waals surface area contributed by atoms with Gasteiger partial charge in [0.15, 0.2) is 5.13 Å². The third kappa shape index (κ3) is 2.45. The Labute approximate surface area is 158 Å². The number of benzene rings is 2. The minimum absolute atomic E-state index is 0.135. The third-order valence-electron chi connectivity index (χ3n) is 4.75. The average Bonchev–Trinajstić information content (AvgIpc) is 3.35. The first-order valence-electron chi connectivity index (χ1n) is 8.59. The zero-order valence-corrected chi connectivity index (χ0v) is 15.4. The Balaban J connectivity index is 1.93. The Bertz CT molecular complexity index is 1300. The molecular weight excluding hydrogens is 356 g/mol. The smallest absolute Gasteiger partial charge is 0.273 e. The van der Waals surface area contributed by atoms with Crippen LogP contribution in [0.1, 0.15) is 0 Å². The van der Waals surface area contributed by atoms with E-state index in [1.54, 1.807) is 6.20 Å². The van der Waals surface area contributed by atoms with Crippen LogP contribution in [0.4, 0.5) is 10.8 Å². The van der Waals surface area contributed by atoms with Crippen LogP contribution in [0.2, 0.25) is 0 Å². The standard InChI is InChI=1S/C21H16N4OS/c1-25(21-22-11-12-27-21)19-16(13-7-3-2-4-8-13)18-17(24-20(19)26)14-9-5-6-10-15(14)23-18/h2-12,23H,1H3,(H,24,26). The number of thiazole rings is 1. The Morgan fingerprint density at radius 1 is 0.963 bits per heavy atom. The number of aromatic amines is 2. The van der Waals surface area contributed by atoms with Gasteiger partial charge in [-0.25, -0.2) is 4.98 Å². The maximum Gasteiger partial charge on any atom is 0.273 e. The van der Waals surface area contributed by atoms with Crippen LogP contribution in [0.15, 0.2) is 71.0 Å². The zero-order valence-electron chi connectivity index (χ0n) is 14.6. The lowest BCUT2D eigenvalue weighted by molar-refractivity contribution is 1.13. The number of nitrogens with zero attached hydrogens (tertiary/aromatic N) is 2. The van der Waals surface area contributed by atoms with Gasteiger partial charge in [-0.1, -0.05) is 48.5 Å². The molecule has 2 N–H and O–H groups in total. The summed E-state index contributed by atoms with van der Waals surface area (Å²) in [6, 6.07) is 18.0. The molecule has 0 fully saturated rings. The second-order valence-electron chi connectivity index (χ2n) is 6.34. The first kappa shape index (κ1) is 15.8. The van der Waals surface area contributed by atoms with Crippen molar-refractivity contribution in [2.75, 3.05) is 11.9 Å². The van der Waals surface area contributed by atoms with Crippen molar-refractivity contribution in [3.63, 3.8) is 0 Å². The molecule has 0 unspecified atom stereocenters. The van der Waals surface area contributed by atoms with Crippen molar-refractivity contribution >= 4 is 44.1 Å². The molecule has 5 aromatic rings. The van der Waals surface area contributed by atoms with E-state index in [0.29, 0.717) is 5.69 Å². The molecule has 0 aliphatic heterocycles. The van der Waals surface area contributed by atoms with Crippen LogP contribution in [-0.2, 0) is 0 Å². The number of hydrogen-bond acceptors (Lipinski definition) is 4. The number of aromatic nitrogens is 3. The largest absolute Gasteiger partial charge is 0.353 e. The maximum atomic E-state index is 13.2. The van der Waals surface area contributed by atoms with Crippen molar-refractivity contribution < 1.29 is 0 Å². The van der Waals surface area contributed by atoms with E-state index in [-0.39, 0.29) is 5.56 Å². The van der Waals surface area contributed by atoms with Crippen LogP contribution >= 0.6 is 11.3 Å². The van der Waals surface area contributed by atoms with Gasteiger partial charge in [0, 0.05) is 35.1 Å². The van der Waals surface area contributed by atoms with E-state index in [9.17, 15) is 4.79 Å². The summed E-state index contributed by atoms with van der Waals surface area (Å²) in [6.45, 7) is 0. The van der Waals surface area contributed by atoms with Crippen molar-refractivity contribution in [2.45, 2.75) is 0 Å². The first-order valence-corrected chi connectivity index (χ1v) is 9.47. The molecule has 6 heteroatoms. The summed E-state index contributed by atoms with van der Waals surface area (Å²) in [4.78, 5) is 26.0. The Morgan fingerprint density at radius 2 is 1.74 bits per heavy atom. The van der Waals surface area contributed by atoms with Crippen LogP contribution in [0.25, 0.3) is 33.1 Å². The van der Waals surface area contributed by atoms with E-state index < -0.39 is 0 Å². The van der Waals surface area contributed by atoms with Crippen molar-refractivity contribution in [1.29, 1.82) is 0 Å². The number of hydrogen-bond donors (Lipinski definition) is 2. The van der Waals surface area contributed by atoms with Crippen molar-refractivity contribution in [2.24, 2.45) is 0 Å². The van der Waals surface area contributed by atoms with Gasteiger partial charge < -0.3 is 14.9 Å².